The Bertz CT molecular complexity index is 1410. The minimum atomic E-state index is 0.0582. The molecule has 0 spiro atoms. The van der Waals surface area contributed by atoms with Crippen LogP contribution >= 0.6 is 0 Å². The molecule has 10 rings (SSSR count). The predicted octanol–water partition coefficient (Wildman–Crippen LogP) is 6.61. The summed E-state index contributed by atoms with van der Waals surface area (Å²) in [5, 5.41) is 0. The molecule has 4 bridgehead atoms. The van der Waals surface area contributed by atoms with Crippen molar-refractivity contribution in [1.82, 2.24) is 0 Å². The second-order valence-corrected chi connectivity index (χ2v) is 10.3. The summed E-state index contributed by atoms with van der Waals surface area (Å²) >= 11 is 0. The Morgan fingerprint density at radius 3 is 1.39 bits per heavy atom. The van der Waals surface area contributed by atoms with E-state index in [0.717, 1.165) is 48.6 Å². The number of hydrogen-bond donors (Lipinski definition) is 0. The van der Waals surface area contributed by atoms with Crippen molar-refractivity contribution >= 4 is 11.8 Å². The number of ether oxygens (including phenoxy) is 2. The smallest absolute Gasteiger partial charge is 0.217 e. The number of aliphatic imine (C=N–C) groups is 2. The monoisotopic (exact) mass is 498 g/mol. The van der Waals surface area contributed by atoms with Crippen LogP contribution in [0.5, 0.6) is 0 Å². The van der Waals surface area contributed by atoms with Gasteiger partial charge in [0, 0.05) is 11.1 Å². The normalized spacial score (nSPS) is 20.2. The Kier molecular flexibility index (Phi) is 6.01. The van der Waals surface area contributed by atoms with Gasteiger partial charge in [-0.3, -0.25) is 0 Å². The van der Waals surface area contributed by atoms with Crippen LogP contribution in [0.3, 0.4) is 0 Å². The second-order valence-electron chi connectivity index (χ2n) is 10.3. The van der Waals surface area contributed by atoms with Gasteiger partial charge in [-0.1, -0.05) is 84.9 Å². The SMILES string of the molecule is c1ccc([C@H]2COC(c3cc4ccc3CCc3ccc(c(C5=N[C@@H](c6ccccc6)CO5)c3)CC4)=N2)cc1. The Balaban J connectivity index is 1.18. The highest BCUT2D eigenvalue weighted by atomic mass is 16.5. The molecule has 6 aliphatic rings. The third kappa shape index (κ3) is 4.51. The number of rotatable bonds is 4. The first-order valence-corrected chi connectivity index (χ1v) is 13.6. The summed E-state index contributed by atoms with van der Waals surface area (Å²) in [6.07, 6.45) is 3.72. The van der Waals surface area contributed by atoms with Gasteiger partial charge in [-0.15, -0.1) is 0 Å². The molecule has 2 heterocycles. The molecular weight excluding hydrogens is 468 g/mol. The van der Waals surface area contributed by atoms with Crippen LogP contribution in [0.1, 0.15) is 56.6 Å². The number of benzene rings is 4. The highest BCUT2D eigenvalue weighted by molar-refractivity contribution is 5.98. The Hall–Kier alpha value is -4.18. The van der Waals surface area contributed by atoms with E-state index in [1.165, 1.54) is 33.4 Å². The van der Waals surface area contributed by atoms with Crippen LogP contribution in [0.4, 0.5) is 0 Å². The van der Waals surface area contributed by atoms with Crippen molar-refractivity contribution in [3.63, 3.8) is 0 Å². The van der Waals surface area contributed by atoms with Crippen LogP contribution in [-0.4, -0.2) is 25.0 Å². The Morgan fingerprint density at radius 1 is 0.500 bits per heavy atom. The minimum absolute atomic E-state index is 0.0582. The maximum atomic E-state index is 6.17. The second kappa shape index (κ2) is 9.94. The van der Waals surface area contributed by atoms with E-state index in [1.54, 1.807) is 0 Å². The summed E-state index contributed by atoms with van der Waals surface area (Å²) in [6, 6.07) is 34.7. The topological polar surface area (TPSA) is 43.2 Å². The number of hydrogen-bond acceptors (Lipinski definition) is 4. The first-order valence-electron chi connectivity index (χ1n) is 13.6. The molecule has 4 aromatic rings. The lowest BCUT2D eigenvalue weighted by atomic mass is 9.91. The lowest BCUT2D eigenvalue weighted by Crippen LogP contribution is -2.11. The van der Waals surface area contributed by atoms with Crippen LogP contribution in [-0.2, 0) is 35.2 Å². The van der Waals surface area contributed by atoms with Crippen LogP contribution in [0.15, 0.2) is 107 Å². The van der Waals surface area contributed by atoms with Gasteiger partial charge in [0.05, 0.1) is 0 Å². The van der Waals surface area contributed by atoms with Crippen molar-refractivity contribution in [2.75, 3.05) is 13.2 Å². The van der Waals surface area contributed by atoms with Gasteiger partial charge in [-0.2, -0.15) is 0 Å². The van der Waals surface area contributed by atoms with Crippen molar-refractivity contribution in [1.29, 1.82) is 0 Å². The molecule has 0 fully saturated rings. The quantitative estimate of drug-likeness (QED) is 0.318. The summed E-state index contributed by atoms with van der Waals surface area (Å²) in [5.74, 6) is 1.56. The van der Waals surface area contributed by atoms with E-state index in [9.17, 15) is 0 Å². The molecule has 188 valence electrons. The molecule has 0 radical (unpaired) electrons. The standard InChI is InChI=1S/C34H30N2O2/c1-3-7-27(8-4-1)31-21-37-33(35-31)29-19-23-11-15-25(29)17-13-24-12-16-26(18-14-23)30(20-24)34-36-32(22-38-34)28-9-5-2-6-10-28/h1-12,15-16,19-20,31-32H,13-14,17-18,21-22H2/t31-,32-/m1/s1. The maximum Gasteiger partial charge on any atom is 0.217 e. The van der Waals surface area contributed by atoms with E-state index in [2.05, 4.69) is 84.9 Å². The van der Waals surface area contributed by atoms with E-state index in [-0.39, 0.29) is 12.1 Å². The molecule has 38 heavy (non-hydrogen) atoms. The van der Waals surface area contributed by atoms with E-state index in [0.29, 0.717) is 13.2 Å². The van der Waals surface area contributed by atoms with Crippen LogP contribution in [0.25, 0.3) is 0 Å². The summed E-state index contributed by atoms with van der Waals surface area (Å²) < 4.78 is 12.3. The molecule has 2 aliphatic heterocycles. The fourth-order valence-corrected chi connectivity index (χ4v) is 5.68. The van der Waals surface area contributed by atoms with Crippen molar-refractivity contribution in [2.45, 2.75) is 37.8 Å². The van der Waals surface area contributed by atoms with Gasteiger partial charge >= 0.3 is 0 Å². The summed E-state index contributed by atoms with van der Waals surface area (Å²) in [4.78, 5) is 10.0. The highest BCUT2D eigenvalue weighted by Gasteiger charge is 2.26. The van der Waals surface area contributed by atoms with Crippen LogP contribution in [0.2, 0.25) is 0 Å². The first kappa shape index (κ1) is 23.0. The number of aryl methyl sites for hydroxylation is 4. The largest absolute Gasteiger partial charge is 0.475 e. The molecule has 0 saturated carbocycles. The maximum absolute atomic E-state index is 6.17. The van der Waals surface area contributed by atoms with Gasteiger partial charge in [0.25, 0.3) is 0 Å². The minimum Gasteiger partial charge on any atom is -0.475 e. The van der Waals surface area contributed by atoms with Gasteiger partial charge in [0.15, 0.2) is 0 Å². The van der Waals surface area contributed by atoms with E-state index in [4.69, 9.17) is 19.5 Å². The first-order chi connectivity index (χ1) is 18.8. The molecule has 4 heteroatoms. The van der Waals surface area contributed by atoms with Gasteiger partial charge < -0.3 is 9.47 Å². The zero-order valence-corrected chi connectivity index (χ0v) is 21.3. The third-order valence-corrected chi connectivity index (χ3v) is 7.85. The average Bonchev–Trinajstić information content (AvgIpc) is 3.66. The van der Waals surface area contributed by atoms with E-state index >= 15 is 0 Å². The third-order valence-electron chi connectivity index (χ3n) is 7.85. The zero-order valence-electron chi connectivity index (χ0n) is 21.3. The Morgan fingerprint density at radius 2 is 0.947 bits per heavy atom. The molecule has 0 saturated heterocycles. The van der Waals surface area contributed by atoms with Gasteiger partial charge in [0.1, 0.15) is 25.3 Å². The molecule has 2 atom stereocenters. The average molecular weight is 499 g/mol. The number of nitrogens with zero attached hydrogens (tertiary/aromatic N) is 2. The molecule has 0 amide bonds. The fourth-order valence-electron chi connectivity index (χ4n) is 5.68. The van der Waals surface area contributed by atoms with Crippen molar-refractivity contribution in [2.24, 2.45) is 9.98 Å². The fraction of sp³-hybridized carbons (Fsp3) is 0.235. The van der Waals surface area contributed by atoms with E-state index < -0.39 is 0 Å². The van der Waals surface area contributed by atoms with Gasteiger partial charge in [0.2, 0.25) is 11.8 Å². The lowest BCUT2D eigenvalue weighted by Gasteiger charge is -2.16. The van der Waals surface area contributed by atoms with Crippen molar-refractivity contribution in [3.8, 4) is 0 Å². The Labute approximate surface area is 223 Å². The molecule has 4 aromatic carbocycles. The van der Waals surface area contributed by atoms with Gasteiger partial charge in [-0.05, 0) is 71.2 Å². The molecule has 0 unspecified atom stereocenters. The molecular formula is C34H30N2O2. The van der Waals surface area contributed by atoms with Gasteiger partial charge in [-0.25, -0.2) is 9.98 Å². The predicted molar refractivity (Wildman–Crippen MR) is 151 cm³/mol. The van der Waals surface area contributed by atoms with Crippen LogP contribution in [0, 0.1) is 0 Å². The zero-order chi connectivity index (χ0) is 25.3. The van der Waals surface area contributed by atoms with Crippen LogP contribution < -0.4 is 0 Å². The van der Waals surface area contributed by atoms with Crippen molar-refractivity contribution in [3.05, 3.63) is 142 Å². The molecule has 0 N–H and O–H groups in total. The molecule has 0 aromatic heterocycles. The lowest BCUT2D eigenvalue weighted by molar-refractivity contribution is 0.319. The van der Waals surface area contributed by atoms with Crippen molar-refractivity contribution < 1.29 is 9.47 Å². The summed E-state index contributed by atoms with van der Waals surface area (Å²) in [6.45, 7) is 1.19. The summed E-state index contributed by atoms with van der Waals surface area (Å²) in [7, 11) is 0. The highest BCUT2D eigenvalue weighted by Crippen LogP contribution is 2.30. The molecule has 4 nitrogen and oxygen atoms in total. The molecule has 4 aliphatic carbocycles. The van der Waals surface area contributed by atoms with E-state index in [1.807, 2.05) is 12.1 Å². The summed E-state index contributed by atoms with van der Waals surface area (Å²) in [5.41, 5.74) is 9.85.